The summed E-state index contributed by atoms with van der Waals surface area (Å²) in [7, 11) is -4.00. The van der Waals surface area contributed by atoms with Crippen LogP contribution < -0.4 is 10.5 Å². The summed E-state index contributed by atoms with van der Waals surface area (Å²) in [5.74, 6) is -0.504. The molecular weight excluding hydrogens is 399 g/mol. The van der Waals surface area contributed by atoms with E-state index in [0.29, 0.717) is 11.1 Å². The third-order valence-corrected chi connectivity index (χ3v) is 5.64. The molecule has 8 nitrogen and oxygen atoms in total. The number of nitrogen functional groups attached to an aromatic ring is 1. The number of rotatable bonds is 7. The molecule has 0 radical (unpaired) electrons. The Labute approximate surface area is 166 Å². The van der Waals surface area contributed by atoms with Gasteiger partial charge in [-0.1, -0.05) is 30.3 Å². The SMILES string of the molecule is Nc1ncc(-c2ccc(-c3ccccc3S(=O)(=O)NCC(O)CO)cc2F)cn1. The Morgan fingerprint density at radius 3 is 2.41 bits per heavy atom. The highest BCUT2D eigenvalue weighted by molar-refractivity contribution is 7.89. The van der Waals surface area contributed by atoms with Crippen molar-refractivity contribution in [1.29, 1.82) is 0 Å². The van der Waals surface area contributed by atoms with Crippen LogP contribution in [0.3, 0.4) is 0 Å². The Balaban J connectivity index is 1.98. The highest BCUT2D eigenvalue weighted by Gasteiger charge is 2.20. The zero-order valence-electron chi connectivity index (χ0n) is 15.2. The molecule has 1 heterocycles. The summed E-state index contributed by atoms with van der Waals surface area (Å²) in [5.41, 5.74) is 6.77. The van der Waals surface area contributed by atoms with Crippen molar-refractivity contribution in [3.8, 4) is 22.3 Å². The highest BCUT2D eigenvalue weighted by Crippen LogP contribution is 2.31. The molecule has 0 saturated heterocycles. The number of aromatic nitrogens is 2. The summed E-state index contributed by atoms with van der Waals surface area (Å²) >= 11 is 0. The molecule has 29 heavy (non-hydrogen) atoms. The van der Waals surface area contributed by atoms with Crippen molar-refractivity contribution >= 4 is 16.0 Å². The molecule has 0 fully saturated rings. The normalized spacial score (nSPS) is 12.7. The molecule has 0 spiro atoms. The lowest BCUT2D eigenvalue weighted by atomic mass is 10.0. The molecule has 3 rings (SSSR count). The van der Waals surface area contributed by atoms with Gasteiger partial charge in [0.2, 0.25) is 16.0 Å². The van der Waals surface area contributed by atoms with Crippen molar-refractivity contribution in [2.75, 3.05) is 18.9 Å². The Morgan fingerprint density at radius 2 is 1.76 bits per heavy atom. The molecular formula is C19H19FN4O4S. The number of nitrogens with two attached hydrogens (primary N) is 1. The van der Waals surface area contributed by atoms with Gasteiger partial charge in [-0.3, -0.25) is 0 Å². The average Bonchev–Trinajstić information content (AvgIpc) is 2.73. The topological polar surface area (TPSA) is 138 Å². The first-order valence-electron chi connectivity index (χ1n) is 8.57. The van der Waals surface area contributed by atoms with Gasteiger partial charge in [-0.15, -0.1) is 0 Å². The predicted octanol–water partition coefficient (Wildman–Crippen LogP) is 1.16. The minimum absolute atomic E-state index is 0.0729. The van der Waals surface area contributed by atoms with Crippen LogP contribution in [0.1, 0.15) is 0 Å². The van der Waals surface area contributed by atoms with Gasteiger partial charge >= 0.3 is 0 Å². The first kappa shape index (κ1) is 20.8. The number of sulfonamides is 1. The Bertz CT molecular complexity index is 1110. The van der Waals surface area contributed by atoms with E-state index in [1.165, 1.54) is 36.7 Å². The van der Waals surface area contributed by atoms with Crippen LogP contribution >= 0.6 is 0 Å². The standard InChI is InChI=1S/C19H19FN4O4S/c20-17-7-12(5-6-15(17)13-8-22-19(21)23-9-13)16-3-1-2-4-18(16)29(27,28)24-10-14(26)11-25/h1-9,14,24-26H,10-11H2,(H2,21,22,23). The van der Waals surface area contributed by atoms with Gasteiger partial charge in [-0.05, 0) is 17.7 Å². The van der Waals surface area contributed by atoms with Crippen LogP contribution in [0.2, 0.25) is 0 Å². The molecule has 152 valence electrons. The molecule has 0 aliphatic carbocycles. The van der Waals surface area contributed by atoms with E-state index < -0.39 is 28.6 Å². The molecule has 0 aliphatic heterocycles. The summed E-state index contributed by atoms with van der Waals surface area (Å²) in [6.45, 7) is -0.927. The van der Waals surface area contributed by atoms with Gasteiger partial charge < -0.3 is 15.9 Å². The summed E-state index contributed by atoms with van der Waals surface area (Å²) in [4.78, 5) is 7.60. The summed E-state index contributed by atoms with van der Waals surface area (Å²) in [6.07, 6.45) is 1.57. The lowest BCUT2D eigenvalue weighted by Crippen LogP contribution is -2.34. The molecule has 5 N–H and O–H groups in total. The van der Waals surface area contributed by atoms with Crippen molar-refractivity contribution in [2.24, 2.45) is 0 Å². The van der Waals surface area contributed by atoms with Crippen molar-refractivity contribution in [3.05, 3.63) is 60.7 Å². The van der Waals surface area contributed by atoms with Gasteiger partial charge in [-0.25, -0.2) is 27.5 Å². The van der Waals surface area contributed by atoms with Gasteiger partial charge in [0.05, 0.1) is 17.6 Å². The largest absolute Gasteiger partial charge is 0.394 e. The van der Waals surface area contributed by atoms with Crippen LogP contribution in [0.4, 0.5) is 10.3 Å². The molecule has 0 aliphatic rings. The van der Waals surface area contributed by atoms with Crippen LogP contribution in [0.25, 0.3) is 22.3 Å². The van der Waals surface area contributed by atoms with E-state index in [0.717, 1.165) is 0 Å². The Hall–Kier alpha value is -2.92. The van der Waals surface area contributed by atoms with E-state index in [-0.39, 0.29) is 28.5 Å². The van der Waals surface area contributed by atoms with Crippen LogP contribution in [0.5, 0.6) is 0 Å². The van der Waals surface area contributed by atoms with E-state index in [9.17, 15) is 17.9 Å². The zero-order valence-corrected chi connectivity index (χ0v) is 16.0. The molecule has 0 saturated carbocycles. The van der Waals surface area contributed by atoms with Gasteiger partial charge in [0.15, 0.2) is 0 Å². The number of nitrogens with zero attached hydrogens (tertiary/aromatic N) is 2. The average molecular weight is 418 g/mol. The molecule has 10 heteroatoms. The van der Waals surface area contributed by atoms with E-state index >= 15 is 0 Å². The van der Waals surface area contributed by atoms with E-state index in [2.05, 4.69) is 14.7 Å². The van der Waals surface area contributed by atoms with Crippen molar-refractivity contribution in [3.63, 3.8) is 0 Å². The monoisotopic (exact) mass is 418 g/mol. The van der Waals surface area contributed by atoms with Gasteiger partial charge in [0.1, 0.15) is 5.82 Å². The smallest absolute Gasteiger partial charge is 0.241 e. The first-order valence-corrected chi connectivity index (χ1v) is 10.1. The highest BCUT2D eigenvalue weighted by atomic mass is 32.2. The minimum Gasteiger partial charge on any atom is -0.394 e. The number of halogens is 1. The third kappa shape index (κ3) is 4.74. The maximum atomic E-state index is 14.7. The molecule has 2 aromatic carbocycles. The quantitative estimate of drug-likeness (QED) is 0.452. The summed E-state index contributed by atoms with van der Waals surface area (Å²) < 4.78 is 42.2. The second-order valence-corrected chi connectivity index (χ2v) is 7.94. The van der Waals surface area contributed by atoms with Crippen molar-refractivity contribution in [1.82, 2.24) is 14.7 Å². The van der Waals surface area contributed by atoms with Crippen LogP contribution in [-0.2, 0) is 10.0 Å². The molecule has 0 amide bonds. The lowest BCUT2D eigenvalue weighted by Gasteiger charge is -2.14. The lowest BCUT2D eigenvalue weighted by molar-refractivity contribution is 0.0988. The van der Waals surface area contributed by atoms with Gasteiger partial charge in [0, 0.05) is 35.6 Å². The van der Waals surface area contributed by atoms with Crippen LogP contribution in [0, 0.1) is 5.82 Å². The number of anilines is 1. The predicted molar refractivity (Wildman–Crippen MR) is 106 cm³/mol. The number of aliphatic hydroxyl groups is 2. The second-order valence-electron chi connectivity index (χ2n) is 6.21. The molecule has 1 unspecified atom stereocenters. The first-order chi connectivity index (χ1) is 13.8. The fraction of sp³-hybridized carbons (Fsp3) is 0.158. The van der Waals surface area contributed by atoms with Crippen LogP contribution in [0.15, 0.2) is 59.8 Å². The van der Waals surface area contributed by atoms with E-state index in [4.69, 9.17) is 10.8 Å². The maximum absolute atomic E-state index is 14.7. The Morgan fingerprint density at radius 1 is 1.07 bits per heavy atom. The number of benzene rings is 2. The summed E-state index contributed by atoms with van der Waals surface area (Å²) in [5, 5.41) is 18.3. The fourth-order valence-electron chi connectivity index (χ4n) is 2.68. The fourth-order valence-corrected chi connectivity index (χ4v) is 3.98. The molecule has 1 aromatic heterocycles. The number of nitrogens with one attached hydrogen (secondary N) is 1. The third-order valence-electron chi connectivity index (χ3n) is 4.16. The van der Waals surface area contributed by atoms with Crippen LogP contribution in [-0.4, -0.2) is 47.9 Å². The number of hydrogen-bond acceptors (Lipinski definition) is 7. The van der Waals surface area contributed by atoms with Gasteiger partial charge in [0.25, 0.3) is 0 Å². The van der Waals surface area contributed by atoms with Crippen molar-refractivity contribution < 1.29 is 23.0 Å². The van der Waals surface area contributed by atoms with E-state index in [1.54, 1.807) is 18.2 Å². The number of aliphatic hydroxyl groups excluding tert-OH is 2. The maximum Gasteiger partial charge on any atom is 0.241 e. The van der Waals surface area contributed by atoms with Crippen molar-refractivity contribution in [2.45, 2.75) is 11.0 Å². The molecule has 1 atom stereocenters. The Kier molecular flexibility index (Phi) is 6.18. The zero-order chi connectivity index (χ0) is 21.0. The minimum atomic E-state index is -4.00. The number of hydrogen-bond donors (Lipinski definition) is 4. The molecule has 3 aromatic rings. The summed E-state index contributed by atoms with van der Waals surface area (Å²) in [6, 6.07) is 10.4. The van der Waals surface area contributed by atoms with E-state index in [1.807, 2.05) is 0 Å². The molecule has 0 bridgehead atoms. The van der Waals surface area contributed by atoms with Gasteiger partial charge in [-0.2, -0.15) is 0 Å². The second kappa shape index (κ2) is 8.62.